The van der Waals surface area contributed by atoms with E-state index in [1.54, 1.807) is 6.92 Å². The first kappa shape index (κ1) is 22.0. The first-order valence-corrected chi connectivity index (χ1v) is 9.29. The molecule has 1 aliphatic rings. The van der Waals surface area contributed by atoms with Crippen molar-refractivity contribution >= 4 is 23.6 Å². The van der Waals surface area contributed by atoms with Gasteiger partial charge in [0, 0.05) is 19.5 Å². The SMILES string of the molecule is CCC1(Cc2ccc(F)cc2)NC(=O)C(=Cc2c([N+](=O)[O-])ccc(F)c2F)N(C)C1=O. The van der Waals surface area contributed by atoms with E-state index in [1.165, 1.54) is 31.3 Å². The molecule has 2 aromatic rings. The summed E-state index contributed by atoms with van der Waals surface area (Å²) in [4.78, 5) is 37.2. The summed E-state index contributed by atoms with van der Waals surface area (Å²) in [6.07, 6.45) is 1.04. The van der Waals surface area contributed by atoms with Gasteiger partial charge in [-0.05, 0) is 36.3 Å². The van der Waals surface area contributed by atoms with E-state index in [0.717, 1.165) is 17.0 Å². The van der Waals surface area contributed by atoms with Crippen LogP contribution >= 0.6 is 0 Å². The third kappa shape index (κ3) is 4.00. The fraction of sp³-hybridized carbons (Fsp3) is 0.238. The van der Waals surface area contributed by atoms with Crippen LogP contribution in [0.25, 0.3) is 6.08 Å². The zero-order valence-electron chi connectivity index (χ0n) is 16.6. The lowest BCUT2D eigenvalue weighted by atomic mass is 9.84. The van der Waals surface area contributed by atoms with Crippen LogP contribution in [0.5, 0.6) is 0 Å². The molecule has 0 bridgehead atoms. The molecule has 3 rings (SSSR count). The Morgan fingerprint density at radius 3 is 2.35 bits per heavy atom. The summed E-state index contributed by atoms with van der Waals surface area (Å²) in [5, 5.41) is 13.8. The first-order valence-electron chi connectivity index (χ1n) is 9.29. The highest BCUT2D eigenvalue weighted by molar-refractivity contribution is 6.09. The average Bonchev–Trinajstić information content (AvgIpc) is 2.73. The van der Waals surface area contributed by atoms with E-state index in [-0.39, 0.29) is 18.5 Å². The predicted molar refractivity (Wildman–Crippen MR) is 105 cm³/mol. The molecule has 1 aliphatic heterocycles. The number of halogens is 3. The molecule has 2 aromatic carbocycles. The molecule has 0 spiro atoms. The van der Waals surface area contributed by atoms with Crippen molar-refractivity contribution < 1.29 is 27.7 Å². The Hall–Kier alpha value is -3.69. The van der Waals surface area contributed by atoms with Crippen molar-refractivity contribution in [3.63, 3.8) is 0 Å². The third-order valence-electron chi connectivity index (χ3n) is 5.27. The second-order valence-electron chi connectivity index (χ2n) is 7.14. The lowest BCUT2D eigenvalue weighted by Gasteiger charge is -2.41. The van der Waals surface area contributed by atoms with Gasteiger partial charge in [-0.1, -0.05) is 19.1 Å². The minimum Gasteiger partial charge on any atom is -0.336 e. The Morgan fingerprint density at radius 1 is 1.13 bits per heavy atom. The Morgan fingerprint density at radius 2 is 1.77 bits per heavy atom. The van der Waals surface area contributed by atoms with E-state index in [4.69, 9.17) is 0 Å². The molecule has 1 unspecified atom stereocenters. The fourth-order valence-corrected chi connectivity index (χ4v) is 3.50. The van der Waals surface area contributed by atoms with Crippen molar-refractivity contribution in [1.29, 1.82) is 0 Å². The number of nitro groups is 1. The van der Waals surface area contributed by atoms with Crippen LogP contribution in [0.4, 0.5) is 18.9 Å². The van der Waals surface area contributed by atoms with E-state index in [1.807, 2.05) is 0 Å². The number of benzene rings is 2. The number of carbonyl (C=O) groups is 2. The van der Waals surface area contributed by atoms with Gasteiger partial charge in [-0.2, -0.15) is 0 Å². The molecule has 7 nitrogen and oxygen atoms in total. The fourth-order valence-electron chi connectivity index (χ4n) is 3.50. The maximum Gasteiger partial charge on any atom is 0.279 e. The van der Waals surface area contributed by atoms with Crippen molar-refractivity contribution in [2.75, 3.05) is 7.05 Å². The molecule has 1 atom stereocenters. The maximum atomic E-state index is 14.3. The molecule has 0 aromatic heterocycles. The Labute approximate surface area is 175 Å². The molecule has 10 heteroatoms. The van der Waals surface area contributed by atoms with Gasteiger partial charge in [0.2, 0.25) is 0 Å². The van der Waals surface area contributed by atoms with Crippen LogP contribution in [-0.2, 0) is 16.0 Å². The van der Waals surface area contributed by atoms with Gasteiger partial charge < -0.3 is 10.2 Å². The van der Waals surface area contributed by atoms with Gasteiger partial charge in [-0.25, -0.2) is 13.2 Å². The topological polar surface area (TPSA) is 92.5 Å². The van der Waals surface area contributed by atoms with E-state index >= 15 is 0 Å². The van der Waals surface area contributed by atoms with Gasteiger partial charge in [0.15, 0.2) is 11.6 Å². The van der Waals surface area contributed by atoms with Crippen LogP contribution in [0.15, 0.2) is 42.1 Å². The summed E-state index contributed by atoms with van der Waals surface area (Å²) in [6.45, 7) is 1.68. The first-order chi connectivity index (χ1) is 14.6. The highest BCUT2D eigenvalue weighted by Gasteiger charge is 2.46. The second-order valence-corrected chi connectivity index (χ2v) is 7.14. The van der Waals surface area contributed by atoms with Crippen molar-refractivity contribution in [3.8, 4) is 0 Å². The summed E-state index contributed by atoms with van der Waals surface area (Å²) in [6, 6.07) is 6.82. The second kappa shape index (κ2) is 8.21. The third-order valence-corrected chi connectivity index (χ3v) is 5.27. The van der Waals surface area contributed by atoms with Crippen LogP contribution in [0, 0.1) is 27.6 Å². The molecule has 162 valence electrons. The molecule has 0 saturated carbocycles. The van der Waals surface area contributed by atoms with E-state index in [9.17, 15) is 32.9 Å². The van der Waals surface area contributed by atoms with Crippen LogP contribution in [0.1, 0.15) is 24.5 Å². The Bertz CT molecular complexity index is 1100. The number of hydrogen-bond donors (Lipinski definition) is 1. The van der Waals surface area contributed by atoms with Gasteiger partial charge in [0.25, 0.3) is 17.5 Å². The minimum atomic E-state index is -1.51. The molecule has 0 aliphatic carbocycles. The maximum absolute atomic E-state index is 14.3. The Balaban J connectivity index is 2.03. The number of carbonyl (C=O) groups excluding carboxylic acids is 2. The van der Waals surface area contributed by atoms with Gasteiger partial charge in [-0.15, -0.1) is 0 Å². The largest absolute Gasteiger partial charge is 0.336 e. The quantitative estimate of drug-likeness (QED) is 0.445. The summed E-state index contributed by atoms with van der Waals surface area (Å²) >= 11 is 0. The minimum absolute atomic E-state index is 0.0699. The van der Waals surface area contributed by atoms with Crippen LogP contribution in [0.2, 0.25) is 0 Å². The monoisotopic (exact) mass is 433 g/mol. The van der Waals surface area contributed by atoms with E-state index < -0.39 is 51.0 Å². The number of nitro benzene ring substituents is 1. The zero-order chi connectivity index (χ0) is 22.9. The molecule has 31 heavy (non-hydrogen) atoms. The van der Waals surface area contributed by atoms with Crippen molar-refractivity contribution in [3.05, 3.63) is 80.8 Å². The molecular weight excluding hydrogens is 415 g/mol. The summed E-state index contributed by atoms with van der Waals surface area (Å²) in [5.74, 6) is -4.63. The van der Waals surface area contributed by atoms with Gasteiger partial charge in [0.1, 0.15) is 17.1 Å². The molecular formula is C21H18F3N3O4. The number of likely N-dealkylation sites (N-methyl/N-ethyl adjacent to an activating group) is 1. The number of nitrogens with one attached hydrogen (secondary N) is 1. The Kier molecular flexibility index (Phi) is 5.83. The molecule has 1 N–H and O–H groups in total. The molecule has 2 amide bonds. The molecule has 1 heterocycles. The zero-order valence-corrected chi connectivity index (χ0v) is 16.6. The van der Waals surface area contributed by atoms with E-state index in [0.29, 0.717) is 11.6 Å². The smallest absolute Gasteiger partial charge is 0.279 e. The number of nitrogens with zero attached hydrogens (tertiary/aromatic N) is 2. The molecule has 1 fully saturated rings. The number of amides is 2. The highest BCUT2D eigenvalue weighted by Crippen LogP contribution is 2.31. The van der Waals surface area contributed by atoms with Gasteiger partial charge >= 0.3 is 0 Å². The van der Waals surface area contributed by atoms with Gasteiger partial charge in [0.05, 0.1) is 10.5 Å². The lowest BCUT2D eigenvalue weighted by molar-refractivity contribution is -0.385. The number of hydrogen-bond acceptors (Lipinski definition) is 4. The number of rotatable bonds is 5. The summed E-state index contributed by atoms with van der Waals surface area (Å²) < 4.78 is 41.1. The van der Waals surface area contributed by atoms with Crippen molar-refractivity contribution in [2.24, 2.45) is 0 Å². The standard InChI is InChI=1S/C21H18F3N3O4/c1-3-21(11-12-4-6-13(22)7-5-12)20(29)26(2)17(19(28)25-21)10-14-16(27(30)31)9-8-15(23)18(14)24/h4-10H,3,11H2,1-2H3,(H,25,28). The number of piperazine rings is 1. The van der Waals surface area contributed by atoms with Gasteiger partial charge in [-0.3, -0.25) is 19.7 Å². The average molecular weight is 433 g/mol. The van der Waals surface area contributed by atoms with Crippen molar-refractivity contribution in [2.45, 2.75) is 25.3 Å². The highest BCUT2D eigenvalue weighted by atomic mass is 19.2. The van der Waals surface area contributed by atoms with Crippen LogP contribution < -0.4 is 5.32 Å². The lowest BCUT2D eigenvalue weighted by Crippen LogP contribution is -2.65. The molecule has 1 saturated heterocycles. The van der Waals surface area contributed by atoms with Crippen LogP contribution in [-0.4, -0.2) is 34.2 Å². The van der Waals surface area contributed by atoms with E-state index in [2.05, 4.69) is 5.32 Å². The van der Waals surface area contributed by atoms with Crippen LogP contribution in [0.3, 0.4) is 0 Å². The summed E-state index contributed by atoms with van der Waals surface area (Å²) in [7, 11) is 1.27. The summed E-state index contributed by atoms with van der Waals surface area (Å²) in [5.41, 5.74) is -2.63. The molecule has 0 radical (unpaired) electrons. The normalized spacial score (nSPS) is 20.2. The predicted octanol–water partition coefficient (Wildman–Crippen LogP) is 3.33. The van der Waals surface area contributed by atoms with Crippen molar-refractivity contribution in [1.82, 2.24) is 10.2 Å².